The zero-order chi connectivity index (χ0) is 17.3. The van der Waals surface area contributed by atoms with E-state index in [4.69, 9.17) is 9.83 Å². The lowest BCUT2D eigenvalue weighted by atomic mass is 10.0. The molecule has 2 aliphatic rings. The van der Waals surface area contributed by atoms with E-state index in [0.717, 1.165) is 21.4 Å². The average Bonchev–Trinajstić information content (AvgIpc) is 3.26. The maximum Gasteiger partial charge on any atom is 0.227 e. The Balaban J connectivity index is 1.40. The van der Waals surface area contributed by atoms with Gasteiger partial charge in [0.15, 0.2) is 11.6 Å². The number of amidine groups is 1. The fourth-order valence-electron chi connectivity index (χ4n) is 3.15. The summed E-state index contributed by atoms with van der Waals surface area (Å²) in [6, 6.07) is 9.96. The number of amides is 1. The topological polar surface area (TPSA) is 53.9 Å². The Morgan fingerprint density at radius 2 is 2.20 bits per heavy atom. The lowest BCUT2D eigenvalue weighted by Crippen LogP contribution is -2.47. The van der Waals surface area contributed by atoms with Crippen molar-refractivity contribution < 1.29 is 9.63 Å². The molecule has 0 radical (unpaired) electrons. The molecule has 130 valence electrons. The minimum atomic E-state index is -0.559. The number of nitrogens with zero attached hydrogens (tertiary/aromatic N) is 2. The SMILES string of the molecule is O=C(Cc1ccsc1)N1CCC2(CC1)N=C(c1cccc(Br)c1)NO2. The largest absolute Gasteiger partial charge is 0.342 e. The lowest BCUT2D eigenvalue weighted by molar-refractivity contribution is -0.138. The minimum absolute atomic E-state index is 0.176. The number of halogens is 1. The normalized spacial score (nSPS) is 18.9. The molecule has 1 amide bonds. The summed E-state index contributed by atoms with van der Waals surface area (Å²) in [5.41, 5.74) is 4.48. The number of hydrogen-bond donors (Lipinski definition) is 1. The van der Waals surface area contributed by atoms with Gasteiger partial charge in [-0.25, -0.2) is 15.3 Å². The monoisotopic (exact) mass is 419 g/mol. The number of likely N-dealkylation sites (tertiary alicyclic amines) is 1. The fourth-order valence-corrected chi connectivity index (χ4v) is 4.22. The smallest absolute Gasteiger partial charge is 0.227 e. The fraction of sp³-hybridized carbons (Fsp3) is 0.333. The average molecular weight is 420 g/mol. The first-order valence-electron chi connectivity index (χ1n) is 8.22. The molecule has 7 heteroatoms. The second-order valence-corrected chi connectivity index (χ2v) is 8.01. The van der Waals surface area contributed by atoms with E-state index >= 15 is 0 Å². The molecule has 1 saturated heterocycles. The quantitative estimate of drug-likeness (QED) is 0.829. The highest BCUT2D eigenvalue weighted by atomic mass is 79.9. The van der Waals surface area contributed by atoms with Gasteiger partial charge in [-0.3, -0.25) is 4.79 Å². The molecule has 0 bridgehead atoms. The summed E-state index contributed by atoms with van der Waals surface area (Å²) in [6.45, 7) is 1.33. The van der Waals surface area contributed by atoms with E-state index in [-0.39, 0.29) is 5.91 Å². The van der Waals surface area contributed by atoms with Crippen molar-refractivity contribution >= 4 is 39.0 Å². The van der Waals surface area contributed by atoms with Gasteiger partial charge in [-0.15, -0.1) is 0 Å². The first-order chi connectivity index (χ1) is 12.1. The van der Waals surface area contributed by atoms with Crippen LogP contribution in [0.3, 0.4) is 0 Å². The molecule has 25 heavy (non-hydrogen) atoms. The highest BCUT2D eigenvalue weighted by Gasteiger charge is 2.41. The van der Waals surface area contributed by atoms with Crippen molar-refractivity contribution in [1.29, 1.82) is 0 Å². The first kappa shape index (κ1) is 16.8. The highest BCUT2D eigenvalue weighted by molar-refractivity contribution is 9.10. The summed E-state index contributed by atoms with van der Waals surface area (Å²) >= 11 is 5.10. The van der Waals surface area contributed by atoms with Crippen molar-refractivity contribution in [3.8, 4) is 0 Å². The molecule has 0 unspecified atom stereocenters. The van der Waals surface area contributed by atoms with Crippen molar-refractivity contribution in [3.05, 3.63) is 56.7 Å². The maximum atomic E-state index is 12.4. The van der Waals surface area contributed by atoms with Crippen LogP contribution in [0.15, 0.2) is 50.6 Å². The van der Waals surface area contributed by atoms with Gasteiger partial charge in [0.2, 0.25) is 5.91 Å². The Bertz CT molecular complexity index is 798. The van der Waals surface area contributed by atoms with Crippen LogP contribution in [0.2, 0.25) is 0 Å². The summed E-state index contributed by atoms with van der Waals surface area (Å²) in [5.74, 6) is 0.926. The van der Waals surface area contributed by atoms with Gasteiger partial charge in [0.1, 0.15) is 0 Å². The summed E-state index contributed by atoms with van der Waals surface area (Å²) in [5, 5.41) is 4.03. The van der Waals surface area contributed by atoms with Crippen LogP contribution in [0, 0.1) is 0 Å². The van der Waals surface area contributed by atoms with Gasteiger partial charge >= 0.3 is 0 Å². The Hall–Kier alpha value is -1.70. The summed E-state index contributed by atoms with van der Waals surface area (Å²) in [7, 11) is 0. The Labute approximate surface area is 158 Å². The molecule has 2 aliphatic heterocycles. The number of hydroxylamine groups is 1. The summed E-state index contributed by atoms with van der Waals surface area (Å²) < 4.78 is 1.00. The van der Waals surface area contributed by atoms with Crippen LogP contribution in [-0.4, -0.2) is 35.5 Å². The van der Waals surface area contributed by atoms with Gasteiger partial charge < -0.3 is 4.90 Å². The van der Waals surface area contributed by atoms with E-state index in [1.165, 1.54) is 0 Å². The van der Waals surface area contributed by atoms with Crippen LogP contribution >= 0.6 is 27.3 Å². The number of nitrogens with one attached hydrogen (secondary N) is 1. The Morgan fingerprint density at radius 1 is 1.36 bits per heavy atom. The van der Waals surface area contributed by atoms with Crippen LogP contribution in [0.1, 0.15) is 24.0 Å². The number of benzene rings is 1. The molecule has 1 aromatic carbocycles. The van der Waals surface area contributed by atoms with Gasteiger partial charge in [-0.05, 0) is 34.5 Å². The number of thiophene rings is 1. The van der Waals surface area contributed by atoms with Crippen molar-refractivity contribution in [1.82, 2.24) is 10.4 Å². The molecule has 1 N–H and O–H groups in total. The third kappa shape index (κ3) is 3.63. The molecule has 4 rings (SSSR count). The van der Waals surface area contributed by atoms with E-state index in [1.54, 1.807) is 11.3 Å². The standard InChI is InChI=1S/C18H18BrN3O2S/c19-15-3-1-2-14(11-15)17-20-18(24-21-17)5-7-22(8-6-18)16(23)10-13-4-9-25-12-13/h1-4,9,11-12H,5-8,10H2,(H,20,21). The molecule has 2 aromatic rings. The van der Waals surface area contributed by atoms with Crippen molar-refractivity contribution in [3.63, 3.8) is 0 Å². The number of hydrogen-bond acceptors (Lipinski definition) is 5. The van der Waals surface area contributed by atoms with E-state index in [9.17, 15) is 4.79 Å². The van der Waals surface area contributed by atoms with E-state index in [2.05, 4.69) is 21.4 Å². The third-order valence-corrected chi connectivity index (χ3v) is 5.81. The summed E-state index contributed by atoms with van der Waals surface area (Å²) in [4.78, 5) is 24.9. The van der Waals surface area contributed by atoms with E-state index < -0.39 is 5.72 Å². The molecule has 0 saturated carbocycles. The van der Waals surface area contributed by atoms with Crippen LogP contribution in [0.25, 0.3) is 0 Å². The minimum Gasteiger partial charge on any atom is -0.342 e. The summed E-state index contributed by atoms with van der Waals surface area (Å²) in [6.07, 6.45) is 1.88. The van der Waals surface area contributed by atoms with Crippen LogP contribution in [0.4, 0.5) is 0 Å². The molecule has 1 fully saturated rings. The lowest BCUT2D eigenvalue weighted by Gasteiger charge is -2.35. The van der Waals surface area contributed by atoms with Gasteiger partial charge in [0.05, 0.1) is 6.42 Å². The predicted octanol–water partition coefficient (Wildman–Crippen LogP) is 3.35. The molecule has 3 heterocycles. The van der Waals surface area contributed by atoms with Crippen LogP contribution < -0.4 is 5.48 Å². The maximum absolute atomic E-state index is 12.4. The van der Waals surface area contributed by atoms with Crippen molar-refractivity contribution in [2.45, 2.75) is 25.0 Å². The molecular weight excluding hydrogens is 402 g/mol. The zero-order valence-corrected chi connectivity index (χ0v) is 16.0. The second-order valence-electron chi connectivity index (χ2n) is 6.31. The number of carbonyl (C=O) groups is 1. The second kappa shape index (κ2) is 6.90. The van der Waals surface area contributed by atoms with Crippen LogP contribution in [-0.2, 0) is 16.1 Å². The Morgan fingerprint density at radius 3 is 2.92 bits per heavy atom. The van der Waals surface area contributed by atoms with E-state index in [1.807, 2.05) is 46.0 Å². The Kier molecular flexibility index (Phi) is 4.62. The molecule has 5 nitrogen and oxygen atoms in total. The molecular formula is C18H18BrN3O2S. The number of rotatable bonds is 3. The van der Waals surface area contributed by atoms with Gasteiger partial charge in [0, 0.05) is 36.0 Å². The van der Waals surface area contributed by atoms with E-state index in [0.29, 0.717) is 32.4 Å². The molecule has 0 atom stereocenters. The molecule has 0 aliphatic carbocycles. The first-order valence-corrected chi connectivity index (χ1v) is 9.96. The third-order valence-electron chi connectivity index (χ3n) is 4.58. The zero-order valence-electron chi connectivity index (χ0n) is 13.6. The van der Waals surface area contributed by atoms with Crippen LogP contribution in [0.5, 0.6) is 0 Å². The van der Waals surface area contributed by atoms with Crippen molar-refractivity contribution in [2.75, 3.05) is 13.1 Å². The van der Waals surface area contributed by atoms with Gasteiger partial charge in [-0.2, -0.15) is 11.3 Å². The van der Waals surface area contributed by atoms with Gasteiger partial charge in [0.25, 0.3) is 0 Å². The van der Waals surface area contributed by atoms with Crippen molar-refractivity contribution in [2.24, 2.45) is 4.99 Å². The number of aliphatic imine (C=N–C) groups is 1. The number of piperidine rings is 1. The predicted molar refractivity (Wildman–Crippen MR) is 101 cm³/mol. The highest BCUT2D eigenvalue weighted by Crippen LogP contribution is 2.31. The van der Waals surface area contributed by atoms with Gasteiger partial charge in [-0.1, -0.05) is 28.1 Å². The number of carbonyl (C=O) groups excluding carboxylic acids is 1. The molecule has 1 aromatic heterocycles. The molecule has 1 spiro atoms.